The molecule has 0 atom stereocenters. The standard InChI is InChI=1S/C11H16N4O/c1-14-6-3-7-15(8-11(14)16)10-5-2-4-9(12)13-10/h2,4-5H,3,6-8H2,1H3,(H2,12,13). The largest absolute Gasteiger partial charge is 0.384 e. The predicted molar refractivity (Wildman–Crippen MR) is 63.1 cm³/mol. The minimum Gasteiger partial charge on any atom is -0.384 e. The molecule has 1 saturated heterocycles. The van der Waals surface area contributed by atoms with Crippen LogP contribution in [0.25, 0.3) is 0 Å². The van der Waals surface area contributed by atoms with Gasteiger partial charge in [-0.3, -0.25) is 4.79 Å². The maximum absolute atomic E-state index is 11.7. The third kappa shape index (κ3) is 2.24. The molecule has 2 N–H and O–H groups in total. The van der Waals surface area contributed by atoms with Crippen molar-refractivity contribution in [3.05, 3.63) is 18.2 Å². The summed E-state index contributed by atoms with van der Waals surface area (Å²) in [6.45, 7) is 2.02. The molecule has 5 nitrogen and oxygen atoms in total. The highest BCUT2D eigenvalue weighted by atomic mass is 16.2. The van der Waals surface area contributed by atoms with E-state index in [1.807, 2.05) is 24.1 Å². The number of likely N-dealkylation sites (N-methyl/N-ethyl adjacent to an activating group) is 1. The van der Waals surface area contributed by atoms with Crippen LogP contribution in [0.1, 0.15) is 6.42 Å². The molecule has 0 spiro atoms. The molecule has 86 valence electrons. The molecule has 0 aliphatic carbocycles. The van der Waals surface area contributed by atoms with Gasteiger partial charge in [0.05, 0.1) is 6.54 Å². The van der Waals surface area contributed by atoms with Crippen LogP contribution in [-0.2, 0) is 4.79 Å². The minimum absolute atomic E-state index is 0.127. The summed E-state index contributed by atoms with van der Waals surface area (Å²) >= 11 is 0. The number of carbonyl (C=O) groups excluding carboxylic acids is 1. The number of carbonyl (C=O) groups is 1. The Bertz CT molecular complexity index is 393. The van der Waals surface area contributed by atoms with Crippen molar-refractivity contribution in [2.75, 3.05) is 37.3 Å². The van der Waals surface area contributed by atoms with E-state index in [9.17, 15) is 4.79 Å². The Morgan fingerprint density at radius 1 is 1.38 bits per heavy atom. The molecule has 1 fully saturated rings. The minimum atomic E-state index is 0.127. The van der Waals surface area contributed by atoms with Crippen molar-refractivity contribution in [1.29, 1.82) is 0 Å². The van der Waals surface area contributed by atoms with E-state index in [1.54, 1.807) is 11.0 Å². The zero-order valence-corrected chi connectivity index (χ0v) is 9.39. The first kappa shape index (κ1) is 10.7. The van der Waals surface area contributed by atoms with Crippen molar-refractivity contribution >= 4 is 17.5 Å². The number of amides is 1. The van der Waals surface area contributed by atoms with Gasteiger partial charge >= 0.3 is 0 Å². The lowest BCUT2D eigenvalue weighted by Crippen LogP contribution is -2.34. The fourth-order valence-corrected chi connectivity index (χ4v) is 1.80. The second-order valence-corrected chi connectivity index (χ2v) is 4.01. The number of aromatic nitrogens is 1. The Morgan fingerprint density at radius 2 is 2.19 bits per heavy atom. The first-order valence-corrected chi connectivity index (χ1v) is 5.38. The third-order valence-corrected chi connectivity index (χ3v) is 2.75. The van der Waals surface area contributed by atoms with E-state index in [4.69, 9.17) is 5.73 Å². The quantitative estimate of drug-likeness (QED) is 0.741. The van der Waals surface area contributed by atoms with Crippen LogP contribution in [0.2, 0.25) is 0 Å². The van der Waals surface area contributed by atoms with Crippen molar-refractivity contribution in [1.82, 2.24) is 9.88 Å². The van der Waals surface area contributed by atoms with Gasteiger partial charge in [-0.1, -0.05) is 6.07 Å². The lowest BCUT2D eigenvalue weighted by molar-refractivity contribution is -0.127. The van der Waals surface area contributed by atoms with Gasteiger partial charge in [0.15, 0.2) is 0 Å². The molecule has 2 heterocycles. The molecular formula is C11H16N4O. The number of anilines is 2. The molecule has 16 heavy (non-hydrogen) atoms. The van der Waals surface area contributed by atoms with E-state index in [-0.39, 0.29) is 5.91 Å². The van der Waals surface area contributed by atoms with Crippen LogP contribution in [0.5, 0.6) is 0 Å². The summed E-state index contributed by atoms with van der Waals surface area (Å²) in [6.07, 6.45) is 0.957. The smallest absolute Gasteiger partial charge is 0.241 e. The van der Waals surface area contributed by atoms with Crippen LogP contribution in [0.15, 0.2) is 18.2 Å². The number of nitrogens with two attached hydrogens (primary N) is 1. The summed E-state index contributed by atoms with van der Waals surface area (Å²) in [5.41, 5.74) is 5.63. The molecule has 0 aromatic carbocycles. The van der Waals surface area contributed by atoms with E-state index in [1.165, 1.54) is 0 Å². The number of hydrogen-bond donors (Lipinski definition) is 1. The lowest BCUT2D eigenvalue weighted by Gasteiger charge is -2.20. The van der Waals surface area contributed by atoms with E-state index in [0.717, 1.165) is 25.3 Å². The summed E-state index contributed by atoms with van der Waals surface area (Å²) < 4.78 is 0. The molecule has 1 amide bonds. The molecule has 0 bridgehead atoms. The topological polar surface area (TPSA) is 62.5 Å². The Hall–Kier alpha value is -1.78. The Labute approximate surface area is 94.9 Å². The number of hydrogen-bond acceptors (Lipinski definition) is 4. The van der Waals surface area contributed by atoms with Gasteiger partial charge < -0.3 is 15.5 Å². The second kappa shape index (κ2) is 4.38. The van der Waals surface area contributed by atoms with Crippen LogP contribution in [-0.4, -0.2) is 42.5 Å². The van der Waals surface area contributed by atoms with Gasteiger partial charge in [-0.25, -0.2) is 4.98 Å². The van der Waals surface area contributed by atoms with Gasteiger partial charge in [0.2, 0.25) is 5.91 Å². The SMILES string of the molecule is CN1CCCN(c2cccc(N)n2)CC1=O. The summed E-state index contributed by atoms with van der Waals surface area (Å²) in [7, 11) is 1.83. The molecule has 1 aliphatic heterocycles. The zero-order chi connectivity index (χ0) is 11.5. The van der Waals surface area contributed by atoms with E-state index in [0.29, 0.717) is 12.4 Å². The zero-order valence-electron chi connectivity index (χ0n) is 9.39. The molecule has 0 radical (unpaired) electrons. The highest BCUT2D eigenvalue weighted by molar-refractivity contribution is 5.81. The number of nitrogen functional groups attached to an aromatic ring is 1. The fourth-order valence-electron chi connectivity index (χ4n) is 1.80. The Balaban J connectivity index is 2.18. The molecule has 1 aliphatic rings. The molecule has 0 unspecified atom stereocenters. The fraction of sp³-hybridized carbons (Fsp3) is 0.455. The maximum Gasteiger partial charge on any atom is 0.241 e. The maximum atomic E-state index is 11.7. The van der Waals surface area contributed by atoms with Crippen LogP contribution in [0, 0.1) is 0 Å². The Morgan fingerprint density at radius 3 is 2.94 bits per heavy atom. The van der Waals surface area contributed by atoms with Gasteiger partial charge in [0.1, 0.15) is 11.6 Å². The number of nitrogens with zero attached hydrogens (tertiary/aromatic N) is 3. The van der Waals surface area contributed by atoms with Crippen molar-refractivity contribution < 1.29 is 4.79 Å². The van der Waals surface area contributed by atoms with Crippen molar-refractivity contribution in [2.24, 2.45) is 0 Å². The monoisotopic (exact) mass is 220 g/mol. The molecule has 0 saturated carbocycles. The summed E-state index contributed by atoms with van der Waals surface area (Å²) in [5.74, 6) is 1.40. The molecule has 2 rings (SSSR count). The van der Waals surface area contributed by atoms with Gasteiger partial charge in [-0.15, -0.1) is 0 Å². The van der Waals surface area contributed by atoms with Gasteiger partial charge in [-0.2, -0.15) is 0 Å². The first-order chi connectivity index (χ1) is 7.66. The second-order valence-electron chi connectivity index (χ2n) is 4.01. The van der Waals surface area contributed by atoms with Gasteiger partial charge in [0, 0.05) is 20.1 Å². The summed E-state index contributed by atoms with van der Waals surface area (Å²) in [6, 6.07) is 5.49. The average molecular weight is 220 g/mol. The Kier molecular flexibility index (Phi) is 2.94. The molecule has 1 aromatic rings. The lowest BCUT2D eigenvalue weighted by atomic mass is 10.3. The normalized spacial score (nSPS) is 17.4. The first-order valence-electron chi connectivity index (χ1n) is 5.38. The number of rotatable bonds is 1. The number of pyridine rings is 1. The van der Waals surface area contributed by atoms with Gasteiger partial charge in [-0.05, 0) is 18.6 Å². The summed E-state index contributed by atoms with van der Waals surface area (Å²) in [4.78, 5) is 19.7. The molecule has 1 aromatic heterocycles. The van der Waals surface area contributed by atoms with E-state index >= 15 is 0 Å². The summed E-state index contributed by atoms with van der Waals surface area (Å²) in [5, 5.41) is 0. The van der Waals surface area contributed by atoms with Crippen LogP contribution in [0.4, 0.5) is 11.6 Å². The molecule has 5 heteroatoms. The van der Waals surface area contributed by atoms with E-state index < -0.39 is 0 Å². The average Bonchev–Trinajstić information content (AvgIpc) is 2.42. The van der Waals surface area contributed by atoms with Crippen LogP contribution < -0.4 is 10.6 Å². The molecular weight excluding hydrogens is 204 g/mol. The van der Waals surface area contributed by atoms with Gasteiger partial charge in [0.25, 0.3) is 0 Å². The highest BCUT2D eigenvalue weighted by Gasteiger charge is 2.19. The van der Waals surface area contributed by atoms with Crippen LogP contribution >= 0.6 is 0 Å². The predicted octanol–water partition coefficient (Wildman–Crippen LogP) is 0.332. The van der Waals surface area contributed by atoms with Crippen molar-refractivity contribution in [3.63, 3.8) is 0 Å². The van der Waals surface area contributed by atoms with Crippen LogP contribution in [0.3, 0.4) is 0 Å². The third-order valence-electron chi connectivity index (χ3n) is 2.75. The van der Waals surface area contributed by atoms with Crippen molar-refractivity contribution in [3.8, 4) is 0 Å². The van der Waals surface area contributed by atoms with Crippen molar-refractivity contribution in [2.45, 2.75) is 6.42 Å². The van der Waals surface area contributed by atoms with E-state index in [2.05, 4.69) is 4.98 Å². The highest BCUT2D eigenvalue weighted by Crippen LogP contribution is 2.15.